The summed E-state index contributed by atoms with van der Waals surface area (Å²) in [6, 6.07) is 0. The Labute approximate surface area is 96.6 Å². The Morgan fingerprint density at radius 3 is 2.94 bits per heavy atom. The van der Waals surface area contributed by atoms with Crippen LogP contribution in [0.3, 0.4) is 0 Å². The number of likely N-dealkylation sites (tertiary alicyclic amines) is 1. The Morgan fingerprint density at radius 1 is 1.62 bits per heavy atom. The molecular weight excluding hydrogens is 208 g/mol. The Kier molecular flexibility index (Phi) is 5.55. The maximum absolute atomic E-state index is 11.6. The first-order chi connectivity index (χ1) is 7.69. The minimum Gasteiger partial charge on any atom is -0.449 e. The number of aliphatic hydroxyl groups excluding tert-OH is 1. The van der Waals surface area contributed by atoms with Gasteiger partial charge >= 0.3 is 6.09 Å². The van der Waals surface area contributed by atoms with Crippen molar-refractivity contribution in [2.24, 2.45) is 11.7 Å². The van der Waals surface area contributed by atoms with Gasteiger partial charge in [0.25, 0.3) is 0 Å². The molecule has 1 heterocycles. The van der Waals surface area contributed by atoms with Gasteiger partial charge in [-0.1, -0.05) is 13.3 Å². The summed E-state index contributed by atoms with van der Waals surface area (Å²) in [7, 11) is 0. The molecule has 0 radical (unpaired) electrons. The van der Waals surface area contributed by atoms with E-state index in [1.165, 1.54) is 0 Å². The van der Waals surface area contributed by atoms with Gasteiger partial charge in [0.1, 0.15) is 0 Å². The third-order valence-electron chi connectivity index (χ3n) is 3.01. The first-order valence-electron chi connectivity index (χ1n) is 5.98. The van der Waals surface area contributed by atoms with Crippen LogP contribution in [0.2, 0.25) is 0 Å². The van der Waals surface area contributed by atoms with E-state index in [2.05, 4.69) is 0 Å². The van der Waals surface area contributed by atoms with Gasteiger partial charge in [-0.15, -0.1) is 0 Å². The predicted molar refractivity (Wildman–Crippen MR) is 61.0 cm³/mol. The summed E-state index contributed by atoms with van der Waals surface area (Å²) in [5.41, 5.74) is 5.52. The summed E-state index contributed by atoms with van der Waals surface area (Å²) >= 11 is 0. The lowest BCUT2D eigenvalue weighted by molar-refractivity contribution is 0.0180. The standard InChI is InChI=1S/C11H22N2O3/c1-2-3-6-16-11(15)13-5-4-9(7-12)10(14)8-13/h9-10,14H,2-8,12H2,1H3/t9-,10+/m1/s1. The van der Waals surface area contributed by atoms with Gasteiger partial charge in [-0.2, -0.15) is 0 Å². The number of nitrogens with zero attached hydrogens (tertiary/aromatic N) is 1. The lowest BCUT2D eigenvalue weighted by Gasteiger charge is -2.34. The predicted octanol–water partition coefficient (Wildman–Crippen LogP) is 0.565. The molecular formula is C11H22N2O3. The van der Waals surface area contributed by atoms with Crippen molar-refractivity contribution in [1.29, 1.82) is 0 Å². The van der Waals surface area contributed by atoms with Crippen LogP contribution in [-0.4, -0.2) is 48.4 Å². The molecule has 0 aromatic rings. The second-order valence-corrected chi connectivity index (χ2v) is 4.27. The smallest absolute Gasteiger partial charge is 0.409 e. The van der Waals surface area contributed by atoms with E-state index in [9.17, 15) is 9.90 Å². The van der Waals surface area contributed by atoms with Crippen molar-refractivity contribution in [2.75, 3.05) is 26.2 Å². The number of aliphatic hydroxyl groups is 1. The summed E-state index contributed by atoms with van der Waals surface area (Å²) in [6.45, 7) is 3.95. The quantitative estimate of drug-likeness (QED) is 0.692. The molecule has 0 unspecified atom stereocenters. The Morgan fingerprint density at radius 2 is 2.38 bits per heavy atom. The molecule has 5 heteroatoms. The van der Waals surface area contributed by atoms with Crippen LogP contribution in [0.15, 0.2) is 0 Å². The first kappa shape index (κ1) is 13.3. The van der Waals surface area contributed by atoms with Crippen molar-refractivity contribution in [3.63, 3.8) is 0 Å². The zero-order valence-corrected chi connectivity index (χ0v) is 9.89. The third kappa shape index (κ3) is 3.64. The summed E-state index contributed by atoms with van der Waals surface area (Å²) in [5.74, 6) is 0.111. The molecule has 2 atom stereocenters. The highest BCUT2D eigenvalue weighted by Crippen LogP contribution is 2.17. The number of hydrogen-bond donors (Lipinski definition) is 2. The van der Waals surface area contributed by atoms with Gasteiger partial charge in [0, 0.05) is 12.5 Å². The molecule has 5 nitrogen and oxygen atoms in total. The van der Waals surface area contributed by atoms with Crippen LogP contribution in [-0.2, 0) is 4.74 Å². The van der Waals surface area contributed by atoms with Crippen molar-refractivity contribution in [2.45, 2.75) is 32.3 Å². The monoisotopic (exact) mass is 230 g/mol. The minimum absolute atomic E-state index is 0.111. The van der Waals surface area contributed by atoms with Crippen molar-refractivity contribution < 1.29 is 14.6 Å². The molecule has 1 fully saturated rings. The minimum atomic E-state index is -0.516. The number of ether oxygens (including phenoxy) is 1. The molecule has 0 bridgehead atoms. The second-order valence-electron chi connectivity index (χ2n) is 4.27. The largest absolute Gasteiger partial charge is 0.449 e. The van der Waals surface area contributed by atoms with Gasteiger partial charge in [-0.05, 0) is 19.4 Å². The maximum atomic E-state index is 11.6. The lowest BCUT2D eigenvalue weighted by atomic mass is 9.94. The van der Waals surface area contributed by atoms with Crippen molar-refractivity contribution in [3.05, 3.63) is 0 Å². The van der Waals surface area contributed by atoms with Crippen molar-refractivity contribution in [3.8, 4) is 0 Å². The second kappa shape index (κ2) is 6.70. The number of β-amino-alcohol motifs (C(OH)–C–C–N with tert-alkyl or cyclic N) is 1. The number of hydrogen-bond acceptors (Lipinski definition) is 4. The molecule has 0 aromatic heterocycles. The van der Waals surface area contributed by atoms with Gasteiger partial charge in [0.15, 0.2) is 0 Å². The first-order valence-corrected chi connectivity index (χ1v) is 5.98. The zero-order valence-electron chi connectivity index (χ0n) is 9.89. The number of unbranched alkanes of at least 4 members (excludes halogenated alkanes) is 1. The Balaban J connectivity index is 2.30. The molecule has 0 spiro atoms. The van der Waals surface area contributed by atoms with Gasteiger partial charge < -0.3 is 20.5 Å². The molecule has 1 saturated heterocycles. The van der Waals surface area contributed by atoms with Crippen LogP contribution < -0.4 is 5.73 Å². The van der Waals surface area contributed by atoms with Crippen LogP contribution in [0.5, 0.6) is 0 Å². The van der Waals surface area contributed by atoms with Crippen molar-refractivity contribution in [1.82, 2.24) is 4.90 Å². The fourth-order valence-corrected chi connectivity index (χ4v) is 1.82. The van der Waals surface area contributed by atoms with Crippen LogP contribution in [0.1, 0.15) is 26.2 Å². The molecule has 1 aliphatic rings. The molecule has 1 aliphatic heterocycles. The summed E-state index contributed by atoms with van der Waals surface area (Å²) < 4.78 is 5.08. The van der Waals surface area contributed by atoms with Crippen LogP contribution >= 0.6 is 0 Å². The summed E-state index contributed by atoms with van der Waals surface area (Å²) in [6.07, 6.45) is 1.81. The molecule has 3 N–H and O–H groups in total. The van der Waals surface area contributed by atoms with Gasteiger partial charge in [0.05, 0.1) is 19.3 Å². The summed E-state index contributed by atoms with van der Waals surface area (Å²) in [5, 5.41) is 9.73. The average molecular weight is 230 g/mol. The Hall–Kier alpha value is -0.810. The van der Waals surface area contributed by atoms with Crippen molar-refractivity contribution >= 4 is 6.09 Å². The van der Waals surface area contributed by atoms with Gasteiger partial charge in [0.2, 0.25) is 0 Å². The topological polar surface area (TPSA) is 75.8 Å². The van der Waals surface area contributed by atoms with Crippen LogP contribution in [0.25, 0.3) is 0 Å². The highest BCUT2D eigenvalue weighted by molar-refractivity contribution is 5.67. The molecule has 94 valence electrons. The molecule has 0 aliphatic carbocycles. The number of piperidine rings is 1. The van der Waals surface area contributed by atoms with E-state index < -0.39 is 6.10 Å². The van der Waals surface area contributed by atoms with E-state index in [-0.39, 0.29) is 12.0 Å². The molecule has 1 amide bonds. The number of carbonyl (C=O) groups excluding carboxylic acids is 1. The van der Waals surface area contributed by atoms with E-state index >= 15 is 0 Å². The molecule has 0 saturated carbocycles. The van der Waals surface area contributed by atoms with E-state index in [1.54, 1.807) is 4.90 Å². The van der Waals surface area contributed by atoms with Gasteiger partial charge in [-0.3, -0.25) is 0 Å². The number of nitrogens with two attached hydrogens (primary N) is 1. The lowest BCUT2D eigenvalue weighted by Crippen LogP contribution is -2.48. The molecule has 1 rings (SSSR count). The zero-order chi connectivity index (χ0) is 12.0. The van der Waals surface area contributed by atoms with Crippen LogP contribution in [0, 0.1) is 5.92 Å². The van der Waals surface area contributed by atoms with E-state index in [4.69, 9.17) is 10.5 Å². The normalized spacial score (nSPS) is 25.6. The number of rotatable bonds is 4. The fraction of sp³-hybridized carbons (Fsp3) is 0.909. The number of amides is 1. The molecule has 0 aromatic carbocycles. The third-order valence-corrected chi connectivity index (χ3v) is 3.01. The van der Waals surface area contributed by atoms with Crippen LogP contribution in [0.4, 0.5) is 4.79 Å². The number of carbonyl (C=O) groups is 1. The van der Waals surface area contributed by atoms with E-state index in [1.807, 2.05) is 6.92 Å². The summed E-state index contributed by atoms with van der Waals surface area (Å²) in [4.78, 5) is 13.1. The van der Waals surface area contributed by atoms with E-state index in [0.29, 0.717) is 26.2 Å². The SMILES string of the molecule is CCCCOC(=O)N1CC[C@H](CN)[C@@H](O)C1. The Bertz CT molecular complexity index is 223. The average Bonchev–Trinajstić information content (AvgIpc) is 2.29. The fourth-order valence-electron chi connectivity index (χ4n) is 1.82. The van der Waals surface area contributed by atoms with Gasteiger partial charge in [-0.25, -0.2) is 4.79 Å². The van der Waals surface area contributed by atoms with E-state index in [0.717, 1.165) is 19.3 Å². The highest BCUT2D eigenvalue weighted by Gasteiger charge is 2.29. The maximum Gasteiger partial charge on any atom is 0.409 e. The highest BCUT2D eigenvalue weighted by atomic mass is 16.6. The molecule has 16 heavy (non-hydrogen) atoms.